The third kappa shape index (κ3) is 5.07. The lowest BCUT2D eigenvalue weighted by Crippen LogP contribution is -2.38. The summed E-state index contributed by atoms with van der Waals surface area (Å²) in [6.45, 7) is 3.40. The Bertz CT molecular complexity index is 924. The van der Waals surface area contributed by atoms with Crippen molar-refractivity contribution in [2.24, 2.45) is 0 Å². The average molecular weight is 399 g/mol. The zero-order chi connectivity index (χ0) is 19.9. The predicted octanol–water partition coefficient (Wildman–Crippen LogP) is 3.40. The summed E-state index contributed by atoms with van der Waals surface area (Å²) in [6, 6.07) is 15.4. The molecule has 7 nitrogen and oxygen atoms in total. The summed E-state index contributed by atoms with van der Waals surface area (Å²) >= 11 is 6.11. The van der Waals surface area contributed by atoms with Gasteiger partial charge in [0, 0.05) is 30.7 Å². The summed E-state index contributed by atoms with van der Waals surface area (Å²) in [5.74, 6) is 0.577. The molecule has 0 aliphatic rings. The van der Waals surface area contributed by atoms with Crippen molar-refractivity contribution in [3.8, 4) is 11.4 Å². The number of halogens is 1. The van der Waals surface area contributed by atoms with Crippen LogP contribution in [0.15, 0.2) is 48.5 Å². The lowest BCUT2D eigenvalue weighted by atomic mass is 10.1. The zero-order valence-corrected chi connectivity index (χ0v) is 16.7. The molecule has 0 saturated carbocycles. The van der Waals surface area contributed by atoms with E-state index in [-0.39, 0.29) is 6.03 Å². The first-order chi connectivity index (χ1) is 13.6. The second-order valence-corrected chi connectivity index (χ2v) is 6.84. The van der Waals surface area contributed by atoms with Crippen LogP contribution in [0, 0.1) is 0 Å². The highest BCUT2D eigenvalue weighted by Crippen LogP contribution is 2.15. The third-order valence-corrected chi connectivity index (χ3v) is 4.81. The molecule has 0 spiro atoms. The molecule has 1 N–H and O–H groups in total. The molecule has 2 aromatic carbocycles. The lowest BCUT2D eigenvalue weighted by Gasteiger charge is -2.17. The van der Waals surface area contributed by atoms with Gasteiger partial charge in [0.2, 0.25) is 5.82 Å². The Labute approximate surface area is 169 Å². The summed E-state index contributed by atoms with van der Waals surface area (Å²) in [4.78, 5) is 15.3. The van der Waals surface area contributed by atoms with Gasteiger partial charge in [-0.2, -0.15) is 4.80 Å². The number of carbonyl (C=O) groups excluding carboxylic acids is 1. The highest BCUT2D eigenvalue weighted by Gasteiger charge is 2.11. The number of aryl methyl sites for hydroxylation is 1. The third-order valence-electron chi connectivity index (χ3n) is 4.44. The minimum Gasteiger partial charge on any atom is -0.334 e. The maximum Gasteiger partial charge on any atom is 0.317 e. The molecule has 3 rings (SSSR count). The smallest absolute Gasteiger partial charge is 0.317 e. The number of tetrazole rings is 1. The monoisotopic (exact) mass is 398 g/mol. The van der Waals surface area contributed by atoms with Crippen molar-refractivity contribution in [3.63, 3.8) is 0 Å². The Morgan fingerprint density at radius 1 is 1.18 bits per heavy atom. The molecule has 0 aliphatic heterocycles. The van der Waals surface area contributed by atoms with Gasteiger partial charge < -0.3 is 10.2 Å². The minimum absolute atomic E-state index is 0.185. The van der Waals surface area contributed by atoms with Crippen molar-refractivity contribution < 1.29 is 4.79 Å². The van der Waals surface area contributed by atoms with Crippen LogP contribution in [0.1, 0.15) is 18.1 Å². The maximum atomic E-state index is 12.2. The predicted molar refractivity (Wildman–Crippen MR) is 109 cm³/mol. The summed E-state index contributed by atoms with van der Waals surface area (Å²) in [6.07, 6.45) is 0.991. The van der Waals surface area contributed by atoms with Crippen LogP contribution in [0.3, 0.4) is 0 Å². The second kappa shape index (κ2) is 9.32. The molecule has 2 amide bonds. The molecule has 0 aliphatic carbocycles. The molecular formula is C20H23ClN6O. The number of benzene rings is 2. The fourth-order valence-corrected chi connectivity index (χ4v) is 2.83. The summed E-state index contributed by atoms with van der Waals surface area (Å²) in [7, 11) is 1.73. The van der Waals surface area contributed by atoms with E-state index in [2.05, 4.69) is 39.8 Å². The Morgan fingerprint density at radius 3 is 2.64 bits per heavy atom. The fourth-order valence-electron chi connectivity index (χ4n) is 2.63. The number of amides is 2. The van der Waals surface area contributed by atoms with E-state index in [0.717, 1.165) is 17.5 Å². The van der Waals surface area contributed by atoms with E-state index >= 15 is 0 Å². The van der Waals surface area contributed by atoms with Crippen molar-refractivity contribution in [3.05, 3.63) is 64.7 Å². The number of hydrogen-bond donors (Lipinski definition) is 1. The topological polar surface area (TPSA) is 75.9 Å². The average Bonchev–Trinajstić information content (AvgIpc) is 3.20. The molecule has 1 heterocycles. The van der Waals surface area contributed by atoms with Crippen LogP contribution < -0.4 is 5.32 Å². The van der Waals surface area contributed by atoms with Gasteiger partial charge in [0.15, 0.2) is 0 Å². The van der Waals surface area contributed by atoms with Crippen LogP contribution in [0.2, 0.25) is 5.02 Å². The molecule has 0 saturated heterocycles. The summed E-state index contributed by atoms with van der Waals surface area (Å²) in [5, 5.41) is 16.1. The van der Waals surface area contributed by atoms with Gasteiger partial charge in [-0.3, -0.25) is 0 Å². The van der Waals surface area contributed by atoms with Crippen molar-refractivity contribution in [2.75, 3.05) is 13.6 Å². The largest absolute Gasteiger partial charge is 0.334 e. The van der Waals surface area contributed by atoms with Crippen molar-refractivity contribution in [1.82, 2.24) is 30.4 Å². The first kappa shape index (κ1) is 19.8. The number of urea groups is 1. The molecule has 0 fully saturated rings. The van der Waals surface area contributed by atoms with Crippen molar-refractivity contribution >= 4 is 17.6 Å². The number of hydrogen-bond acceptors (Lipinski definition) is 4. The number of likely N-dealkylation sites (N-methyl/N-ethyl adjacent to an activating group) is 1. The first-order valence-corrected chi connectivity index (χ1v) is 9.54. The zero-order valence-electron chi connectivity index (χ0n) is 16.0. The Morgan fingerprint density at radius 2 is 1.93 bits per heavy atom. The number of nitrogens with one attached hydrogen (secondary N) is 1. The first-order valence-electron chi connectivity index (χ1n) is 9.16. The van der Waals surface area contributed by atoms with E-state index in [0.29, 0.717) is 30.5 Å². The number of nitrogens with zero attached hydrogens (tertiary/aromatic N) is 5. The summed E-state index contributed by atoms with van der Waals surface area (Å²) < 4.78 is 0. The molecular weight excluding hydrogens is 376 g/mol. The van der Waals surface area contributed by atoms with Crippen LogP contribution >= 0.6 is 11.6 Å². The Kier molecular flexibility index (Phi) is 6.60. The standard InChI is InChI=1S/C20H23ClN6O/c1-3-15-8-10-16(11-9-15)19-23-25-27(24-19)13-12-26(2)20(28)22-14-17-6-4-5-7-18(17)21/h4-11H,3,12-14H2,1-2H3,(H,22,28). The highest BCUT2D eigenvalue weighted by atomic mass is 35.5. The number of rotatable bonds is 7. The fraction of sp³-hybridized carbons (Fsp3) is 0.300. The number of aromatic nitrogens is 4. The van der Waals surface area contributed by atoms with Gasteiger partial charge in [0.25, 0.3) is 0 Å². The van der Waals surface area contributed by atoms with E-state index in [1.807, 2.05) is 30.3 Å². The Balaban J connectivity index is 1.50. The normalized spacial score (nSPS) is 10.7. The highest BCUT2D eigenvalue weighted by molar-refractivity contribution is 6.31. The molecule has 0 unspecified atom stereocenters. The molecule has 1 aromatic heterocycles. The van der Waals surface area contributed by atoms with Crippen LogP contribution in [0.4, 0.5) is 4.79 Å². The van der Waals surface area contributed by atoms with Crippen LogP contribution in [-0.4, -0.2) is 44.7 Å². The minimum atomic E-state index is -0.185. The van der Waals surface area contributed by atoms with Crippen LogP contribution in [0.25, 0.3) is 11.4 Å². The molecule has 28 heavy (non-hydrogen) atoms. The van der Waals surface area contributed by atoms with Crippen LogP contribution in [0.5, 0.6) is 0 Å². The SMILES string of the molecule is CCc1ccc(-c2nnn(CCN(C)C(=O)NCc3ccccc3Cl)n2)cc1. The van der Waals surface area contributed by atoms with Crippen molar-refractivity contribution in [2.45, 2.75) is 26.4 Å². The quantitative estimate of drug-likeness (QED) is 0.661. The molecule has 3 aromatic rings. The molecule has 8 heteroatoms. The summed E-state index contributed by atoms with van der Waals surface area (Å²) in [5.41, 5.74) is 3.07. The van der Waals surface area contributed by atoms with E-state index in [1.165, 1.54) is 10.4 Å². The second-order valence-electron chi connectivity index (χ2n) is 6.43. The lowest BCUT2D eigenvalue weighted by molar-refractivity contribution is 0.205. The van der Waals surface area contributed by atoms with Gasteiger partial charge in [-0.25, -0.2) is 4.79 Å². The maximum absolute atomic E-state index is 12.2. The molecule has 0 radical (unpaired) electrons. The molecule has 0 bridgehead atoms. The van der Waals surface area contributed by atoms with E-state index in [1.54, 1.807) is 18.0 Å². The molecule has 146 valence electrons. The van der Waals surface area contributed by atoms with E-state index in [9.17, 15) is 4.79 Å². The van der Waals surface area contributed by atoms with Crippen LogP contribution in [-0.2, 0) is 19.5 Å². The van der Waals surface area contributed by atoms with Gasteiger partial charge in [0.05, 0.1) is 6.54 Å². The van der Waals surface area contributed by atoms with Gasteiger partial charge in [-0.05, 0) is 28.8 Å². The van der Waals surface area contributed by atoms with E-state index < -0.39 is 0 Å². The van der Waals surface area contributed by atoms with Gasteiger partial charge >= 0.3 is 6.03 Å². The van der Waals surface area contributed by atoms with Gasteiger partial charge in [-0.15, -0.1) is 10.2 Å². The number of carbonyl (C=O) groups is 1. The van der Waals surface area contributed by atoms with E-state index in [4.69, 9.17) is 11.6 Å². The van der Waals surface area contributed by atoms with Crippen molar-refractivity contribution in [1.29, 1.82) is 0 Å². The molecule has 0 atom stereocenters. The Hall–Kier alpha value is -2.93. The van der Waals surface area contributed by atoms with Gasteiger partial charge in [-0.1, -0.05) is 61.0 Å². The van der Waals surface area contributed by atoms with Gasteiger partial charge in [0.1, 0.15) is 0 Å².